The van der Waals surface area contributed by atoms with Crippen LogP contribution < -0.4 is 5.32 Å². The molecular formula is C21H19NO2. The van der Waals surface area contributed by atoms with Crippen LogP contribution in [0.3, 0.4) is 0 Å². The summed E-state index contributed by atoms with van der Waals surface area (Å²) in [5.41, 5.74) is 2.95. The molecule has 3 aromatic carbocycles. The van der Waals surface area contributed by atoms with Crippen molar-refractivity contribution in [1.82, 2.24) is 5.32 Å². The first-order valence-electron chi connectivity index (χ1n) is 7.89. The summed E-state index contributed by atoms with van der Waals surface area (Å²) in [5, 5.41) is 12.4. The van der Waals surface area contributed by atoms with Crippen molar-refractivity contribution in [1.29, 1.82) is 0 Å². The molecular weight excluding hydrogens is 298 g/mol. The molecule has 0 unspecified atom stereocenters. The number of rotatable bonds is 5. The smallest absolute Gasteiger partial charge is 0.225 e. The Morgan fingerprint density at radius 3 is 1.79 bits per heavy atom. The van der Waals surface area contributed by atoms with Crippen LogP contribution in [-0.2, 0) is 11.2 Å². The highest BCUT2D eigenvalue weighted by molar-refractivity contribution is 5.79. The van der Waals surface area contributed by atoms with Crippen molar-refractivity contribution in [3.05, 3.63) is 102 Å². The molecule has 0 aliphatic carbocycles. The number of phenolic OH excluding ortho intramolecular Hbond substituents is 1. The number of carbonyl (C=O) groups is 1. The lowest BCUT2D eigenvalue weighted by atomic mass is 9.98. The zero-order chi connectivity index (χ0) is 16.8. The van der Waals surface area contributed by atoms with Gasteiger partial charge in [-0.1, -0.05) is 72.8 Å². The van der Waals surface area contributed by atoms with Crippen LogP contribution in [0.2, 0.25) is 0 Å². The summed E-state index contributed by atoms with van der Waals surface area (Å²) in [6, 6.07) is 26.4. The largest absolute Gasteiger partial charge is 0.508 e. The minimum absolute atomic E-state index is 0.0570. The Kier molecular flexibility index (Phi) is 4.92. The molecule has 0 aromatic heterocycles. The quantitative estimate of drug-likeness (QED) is 0.751. The van der Waals surface area contributed by atoms with Gasteiger partial charge in [0, 0.05) is 0 Å². The highest BCUT2D eigenvalue weighted by Gasteiger charge is 2.16. The molecule has 0 saturated carbocycles. The topological polar surface area (TPSA) is 49.3 Å². The van der Waals surface area contributed by atoms with Gasteiger partial charge in [0.2, 0.25) is 5.91 Å². The van der Waals surface area contributed by atoms with E-state index in [1.54, 1.807) is 24.3 Å². The average Bonchev–Trinajstić information content (AvgIpc) is 2.63. The van der Waals surface area contributed by atoms with E-state index in [0.717, 1.165) is 16.7 Å². The molecule has 24 heavy (non-hydrogen) atoms. The zero-order valence-corrected chi connectivity index (χ0v) is 13.2. The molecule has 0 bridgehead atoms. The minimum atomic E-state index is -0.183. The van der Waals surface area contributed by atoms with Gasteiger partial charge in [0.25, 0.3) is 0 Å². The van der Waals surface area contributed by atoms with Gasteiger partial charge in [0.05, 0.1) is 12.5 Å². The molecule has 0 aliphatic heterocycles. The van der Waals surface area contributed by atoms with Gasteiger partial charge in [-0.3, -0.25) is 4.79 Å². The van der Waals surface area contributed by atoms with Gasteiger partial charge in [-0.25, -0.2) is 0 Å². The Bertz CT molecular complexity index is 744. The summed E-state index contributed by atoms with van der Waals surface area (Å²) in [6.45, 7) is 0. The van der Waals surface area contributed by atoms with Crippen molar-refractivity contribution < 1.29 is 9.90 Å². The summed E-state index contributed by atoms with van der Waals surface area (Å²) in [4.78, 5) is 12.5. The van der Waals surface area contributed by atoms with E-state index >= 15 is 0 Å². The van der Waals surface area contributed by atoms with Crippen LogP contribution in [0.15, 0.2) is 84.9 Å². The van der Waals surface area contributed by atoms with E-state index in [9.17, 15) is 9.90 Å². The van der Waals surface area contributed by atoms with Crippen molar-refractivity contribution in [3.63, 3.8) is 0 Å². The van der Waals surface area contributed by atoms with Gasteiger partial charge in [0.1, 0.15) is 5.75 Å². The standard InChI is InChI=1S/C21H19NO2/c23-19-13-11-16(12-14-19)15-20(24)22-21(17-7-3-1-4-8-17)18-9-5-2-6-10-18/h1-14,21,23H,15H2,(H,22,24). The molecule has 0 heterocycles. The fourth-order valence-corrected chi connectivity index (χ4v) is 2.66. The lowest BCUT2D eigenvalue weighted by molar-refractivity contribution is -0.120. The maximum absolute atomic E-state index is 12.5. The van der Waals surface area contributed by atoms with Gasteiger partial charge in [-0.05, 0) is 28.8 Å². The first-order valence-corrected chi connectivity index (χ1v) is 7.89. The molecule has 0 spiro atoms. The Morgan fingerprint density at radius 2 is 1.29 bits per heavy atom. The van der Waals surface area contributed by atoms with E-state index in [-0.39, 0.29) is 24.1 Å². The monoisotopic (exact) mass is 317 g/mol. The summed E-state index contributed by atoms with van der Waals surface area (Å²) in [6.07, 6.45) is 0.274. The second-order valence-electron chi connectivity index (χ2n) is 5.67. The van der Waals surface area contributed by atoms with Gasteiger partial charge in [-0.15, -0.1) is 0 Å². The van der Waals surface area contributed by atoms with Crippen molar-refractivity contribution in [2.75, 3.05) is 0 Å². The van der Waals surface area contributed by atoms with Crippen molar-refractivity contribution in [3.8, 4) is 5.75 Å². The summed E-state index contributed by atoms with van der Waals surface area (Å²) >= 11 is 0. The number of phenols is 1. The minimum Gasteiger partial charge on any atom is -0.508 e. The van der Waals surface area contributed by atoms with E-state index in [2.05, 4.69) is 5.32 Å². The van der Waals surface area contributed by atoms with Gasteiger partial charge >= 0.3 is 0 Å². The lowest BCUT2D eigenvalue weighted by Gasteiger charge is -2.20. The second kappa shape index (κ2) is 7.47. The summed E-state index contributed by atoms with van der Waals surface area (Å²) < 4.78 is 0. The third-order valence-corrected chi connectivity index (χ3v) is 3.87. The Labute approximate surface area is 141 Å². The number of nitrogens with one attached hydrogen (secondary N) is 1. The summed E-state index contributed by atoms with van der Waals surface area (Å²) in [7, 11) is 0. The number of aromatic hydroxyl groups is 1. The van der Waals surface area contributed by atoms with E-state index < -0.39 is 0 Å². The number of hydrogen-bond acceptors (Lipinski definition) is 2. The molecule has 3 rings (SSSR count). The van der Waals surface area contributed by atoms with Crippen LogP contribution >= 0.6 is 0 Å². The molecule has 0 aliphatic rings. The van der Waals surface area contributed by atoms with Crippen LogP contribution in [-0.4, -0.2) is 11.0 Å². The van der Waals surface area contributed by atoms with E-state index in [1.807, 2.05) is 60.7 Å². The number of hydrogen-bond donors (Lipinski definition) is 2. The van der Waals surface area contributed by atoms with Crippen LogP contribution in [0.4, 0.5) is 0 Å². The molecule has 3 aromatic rings. The lowest BCUT2D eigenvalue weighted by Crippen LogP contribution is -2.30. The van der Waals surface area contributed by atoms with Gasteiger partial charge in [-0.2, -0.15) is 0 Å². The molecule has 2 N–H and O–H groups in total. The normalized spacial score (nSPS) is 10.5. The van der Waals surface area contributed by atoms with Gasteiger partial charge in [0.15, 0.2) is 0 Å². The highest BCUT2D eigenvalue weighted by Crippen LogP contribution is 2.22. The maximum atomic E-state index is 12.5. The SMILES string of the molecule is O=C(Cc1ccc(O)cc1)NC(c1ccccc1)c1ccccc1. The molecule has 3 nitrogen and oxygen atoms in total. The highest BCUT2D eigenvalue weighted by atomic mass is 16.3. The van der Waals surface area contributed by atoms with Crippen molar-refractivity contribution >= 4 is 5.91 Å². The number of carbonyl (C=O) groups excluding carboxylic acids is 1. The van der Waals surface area contributed by atoms with Crippen molar-refractivity contribution in [2.45, 2.75) is 12.5 Å². The number of amides is 1. The van der Waals surface area contributed by atoms with Crippen LogP contribution in [0.1, 0.15) is 22.7 Å². The van der Waals surface area contributed by atoms with Crippen LogP contribution in [0, 0.1) is 0 Å². The third kappa shape index (κ3) is 4.02. The number of benzene rings is 3. The Morgan fingerprint density at radius 1 is 0.792 bits per heavy atom. The maximum Gasteiger partial charge on any atom is 0.225 e. The van der Waals surface area contributed by atoms with Gasteiger partial charge < -0.3 is 10.4 Å². The van der Waals surface area contributed by atoms with Crippen LogP contribution in [0.5, 0.6) is 5.75 Å². The fourth-order valence-electron chi connectivity index (χ4n) is 2.66. The van der Waals surface area contributed by atoms with E-state index in [0.29, 0.717) is 0 Å². The third-order valence-electron chi connectivity index (χ3n) is 3.87. The Balaban J connectivity index is 1.79. The summed E-state index contributed by atoms with van der Waals surface area (Å²) in [5.74, 6) is 0.143. The molecule has 3 heteroatoms. The molecule has 0 radical (unpaired) electrons. The average molecular weight is 317 g/mol. The van der Waals surface area contributed by atoms with E-state index in [4.69, 9.17) is 0 Å². The first-order chi connectivity index (χ1) is 11.7. The Hall–Kier alpha value is -3.07. The molecule has 120 valence electrons. The molecule has 0 atom stereocenters. The van der Waals surface area contributed by atoms with Crippen molar-refractivity contribution in [2.24, 2.45) is 0 Å². The van der Waals surface area contributed by atoms with Crippen LogP contribution in [0.25, 0.3) is 0 Å². The first kappa shape index (κ1) is 15.8. The zero-order valence-electron chi connectivity index (χ0n) is 13.2. The molecule has 1 amide bonds. The predicted octanol–water partition coefficient (Wildman–Crippen LogP) is 3.84. The molecule has 0 saturated heterocycles. The predicted molar refractivity (Wildman–Crippen MR) is 94.7 cm³/mol. The fraction of sp³-hybridized carbons (Fsp3) is 0.0952. The van der Waals surface area contributed by atoms with E-state index in [1.165, 1.54) is 0 Å². The second-order valence-corrected chi connectivity index (χ2v) is 5.67. The molecule has 0 fully saturated rings.